The van der Waals surface area contributed by atoms with Gasteiger partial charge in [-0.15, -0.1) is 0 Å². The Morgan fingerprint density at radius 2 is 2.24 bits per heavy atom. The van der Waals surface area contributed by atoms with E-state index in [0.717, 1.165) is 30.6 Å². The number of amides is 1. The molecule has 6 nitrogen and oxygen atoms in total. The van der Waals surface area contributed by atoms with E-state index in [-0.39, 0.29) is 17.5 Å². The monoisotopic (exact) mass is 360 g/mol. The van der Waals surface area contributed by atoms with Gasteiger partial charge in [-0.25, -0.2) is 4.68 Å². The molecule has 3 rings (SSSR count). The molecule has 1 atom stereocenters. The van der Waals surface area contributed by atoms with Gasteiger partial charge < -0.3 is 9.80 Å². The van der Waals surface area contributed by atoms with Gasteiger partial charge in [0.05, 0.1) is 23.5 Å². The van der Waals surface area contributed by atoms with Crippen LogP contribution in [0.4, 0.5) is 5.69 Å². The summed E-state index contributed by atoms with van der Waals surface area (Å²) in [4.78, 5) is 29.0. The number of piperidine rings is 1. The van der Waals surface area contributed by atoms with Gasteiger partial charge in [0.25, 0.3) is 11.5 Å². The van der Waals surface area contributed by atoms with Crippen LogP contribution in [0.3, 0.4) is 0 Å². The van der Waals surface area contributed by atoms with Gasteiger partial charge in [0.1, 0.15) is 0 Å². The van der Waals surface area contributed by atoms with E-state index in [9.17, 15) is 9.59 Å². The number of anilines is 1. The summed E-state index contributed by atoms with van der Waals surface area (Å²) in [5.41, 5.74) is 1.43. The first-order valence-corrected chi connectivity index (χ1v) is 9.55. The van der Waals surface area contributed by atoms with Crippen LogP contribution in [-0.2, 0) is 0 Å². The summed E-state index contributed by atoms with van der Waals surface area (Å²) in [5.74, 6) is 0.0372. The van der Waals surface area contributed by atoms with Crippen LogP contribution in [0.15, 0.2) is 33.9 Å². The molecule has 1 aliphatic rings. The minimum Gasteiger partial charge on any atom is -0.371 e. The Kier molecular flexibility index (Phi) is 5.22. The number of nitrogens with zero attached hydrogens (tertiary/aromatic N) is 4. The number of rotatable bonds is 4. The van der Waals surface area contributed by atoms with Gasteiger partial charge in [0, 0.05) is 37.6 Å². The summed E-state index contributed by atoms with van der Waals surface area (Å²) in [7, 11) is 1.95. The number of hydrogen-bond donors (Lipinski definition) is 0. The Labute approximate surface area is 151 Å². The maximum atomic E-state index is 12.6. The lowest BCUT2D eigenvalue weighted by molar-refractivity contribution is 0.0670. The van der Waals surface area contributed by atoms with E-state index in [2.05, 4.69) is 18.9 Å². The second-order valence-electron chi connectivity index (χ2n) is 6.76. The van der Waals surface area contributed by atoms with E-state index in [1.54, 1.807) is 12.3 Å². The van der Waals surface area contributed by atoms with Gasteiger partial charge in [0.2, 0.25) is 0 Å². The minimum absolute atomic E-state index is 0.0372. The minimum atomic E-state index is -0.111. The van der Waals surface area contributed by atoms with Crippen LogP contribution in [0.5, 0.6) is 0 Å². The Morgan fingerprint density at radius 1 is 1.44 bits per heavy atom. The lowest BCUT2D eigenvalue weighted by Gasteiger charge is -2.33. The van der Waals surface area contributed by atoms with Crippen molar-refractivity contribution in [1.82, 2.24) is 14.7 Å². The molecule has 0 saturated carbocycles. The van der Waals surface area contributed by atoms with Gasteiger partial charge in [0.15, 0.2) is 0 Å². The molecule has 1 saturated heterocycles. The third-order valence-corrected chi connectivity index (χ3v) is 5.47. The van der Waals surface area contributed by atoms with Crippen molar-refractivity contribution >= 4 is 22.9 Å². The lowest BCUT2D eigenvalue weighted by atomic mass is 10.1. The maximum absolute atomic E-state index is 12.6. The second kappa shape index (κ2) is 7.39. The Bertz CT molecular complexity index is 785. The van der Waals surface area contributed by atoms with Crippen molar-refractivity contribution in [3.05, 3.63) is 45.0 Å². The van der Waals surface area contributed by atoms with Gasteiger partial charge in [-0.05, 0) is 38.1 Å². The summed E-state index contributed by atoms with van der Waals surface area (Å²) in [6, 6.07) is 3.71. The molecule has 0 aromatic carbocycles. The van der Waals surface area contributed by atoms with Crippen LogP contribution in [0.2, 0.25) is 0 Å². The number of carbonyl (C=O) groups excluding carboxylic acids is 1. The fraction of sp³-hybridized carbons (Fsp3) is 0.500. The fourth-order valence-corrected chi connectivity index (χ4v) is 3.71. The zero-order valence-corrected chi connectivity index (χ0v) is 15.7. The van der Waals surface area contributed by atoms with Crippen LogP contribution in [-0.4, -0.2) is 46.8 Å². The number of carbonyl (C=O) groups is 1. The summed E-state index contributed by atoms with van der Waals surface area (Å²) >= 11 is 1.52. The van der Waals surface area contributed by atoms with E-state index in [0.29, 0.717) is 12.6 Å². The Morgan fingerprint density at radius 3 is 2.88 bits per heavy atom. The molecule has 1 aliphatic heterocycles. The van der Waals surface area contributed by atoms with Crippen molar-refractivity contribution in [2.45, 2.75) is 38.8 Å². The number of likely N-dealkylation sites (tertiary alicyclic amines) is 1. The molecule has 3 heterocycles. The average molecular weight is 360 g/mol. The predicted octanol–water partition coefficient (Wildman–Crippen LogP) is 2.63. The standard InChI is InChI=1S/C18H24N4O2S/c1-13(2)20(3)16-9-17(23)22(19-10-16)15-5-4-7-21(11-15)18(24)14-6-8-25-12-14/h6,8-10,12-13,15H,4-5,7,11H2,1-3H3/t15-/m1/s1. The summed E-state index contributed by atoms with van der Waals surface area (Å²) in [6.07, 6.45) is 3.48. The molecule has 2 aromatic rings. The first-order valence-electron chi connectivity index (χ1n) is 8.60. The normalized spacial score (nSPS) is 17.8. The molecule has 134 valence electrons. The van der Waals surface area contributed by atoms with Crippen molar-refractivity contribution < 1.29 is 4.79 Å². The van der Waals surface area contributed by atoms with Crippen LogP contribution < -0.4 is 10.5 Å². The Hall–Kier alpha value is -2.15. The third kappa shape index (κ3) is 3.76. The molecule has 0 bridgehead atoms. The molecule has 1 fully saturated rings. The van der Waals surface area contributed by atoms with E-state index < -0.39 is 0 Å². The van der Waals surface area contributed by atoms with Crippen molar-refractivity contribution in [3.63, 3.8) is 0 Å². The first-order chi connectivity index (χ1) is 12.0. The molecule has 25 heavy (non-hydrogen) atoms. The summed E-state index contributed by atoms with van der Waals surface area (Å²) in [6.45, 7) is 5.40. The van der Waals surface area contributed by atoms with Gasteiger partial charge in [-0.2, -0.15) is 16.4 Å². The average Bonchev–Trinajstić information content (AvgIpc) is 3.15. The smallest absolute Gasteiger partial charge is 0.269 e. The van der Waals surface area contributed by atoms with E-state index in [1.165, 1.54) is 16.0 Å². The molecule has 0 radical (unpaired) electrons. The van der Waals surface area contributed by atoms with Crippen LogP contribution in [0, 0.1) is 0 Å². The highest BCUT2D eigenvalue weighted by molar-refractivity contribution is 7.08. The van der Waals surface area contributed by atoms with Gasteiger partial charge >= 0.3 is 0 Å². The van der Waals surface area contributed by atoms with Crippen LogP contribution in [0.1, 0.15) is 43.1 Å². The molecule has 7 heteroatoms. The highest BCUT2D eigenvalue weighted by Crippen LogP contribution is 2.22. The largest absolute Gasteiger partial charge is 0.371 e. The summed E-state index contributed by atoms with van der Waals surface area (Å²) < 4.78 is 1.53. The van der Waals surface area contributed by atoms with Gasteiger partial charge in [-0.3, -0.25) is 9.59 Å². The zero-order chi connectivity index (χ0) is 18.0. The lowest BCUT2D eigenvalue weighted by Crippen LogP contribution is -2.43. The highest BCUT2D eigenvalue weighted by Gasteiger charge is 2.27. The number of hydrogen-bond acceptors (Lipinski definition) is 5. The van der Waals surface area contributed by atoms with Crippen molar-refractivity contribution in [2.75, 3.05) is 25.0 Å². The van der Waals surface area contributed by atoms with E-state index in [1.807, 2.05) is 33.7 Å². The topological polar surface area (TPSA) is 58.4 Å². The fourth-order valence-electron chi connectivity index (χ4n) is 3.08. The molecule has 0 N–H and O–H groups in total. The molecule has 0 aliphatic carbocycles. The van der Waals surface area contributed by atoms with Crippen LogP contribution in [0.25, 0.3) is 0 Å². The second-order valence-corrected chi connectivity index (χ2v) is 7.54. The first kappa shape index (κ1) is 17.7. The van der Waals surface area contributed by atoms with Crippen LogP contribution >= 0.6 is 11.3 Å². The maximum Gasteiger partial charge on any atom is 0.269 e. The highest BCUT2D eigenvalue weighted by atomic mass is 32.1. The zero-order valence-electron chi connectivity index (χ0n) is 14.9. The molecule has 2 aromatic heterocycles. The molecular weight excluding hydrogens is 336 g/mol. The van der Waals surface area contributed by atoms with Crippen molar-refractivity contribution in [2.24, 2.45) is 0 Å². The van der Waals surface area contributed by atoms with Crippen molar-refractivity contribution in [1.29, 1.82) is 0 Å². The molecule has 0 spiro atoms. The molecule has 1 amide bonds. The molecule has 0 unspecified atom stereocenters. The van der Waals surface area contributed by atoms with Crippen molar-refractivity contribution in [3.8, 4) is 0 Å². The third-order valence-electron chi connectivity index (χ3n) is 4.79. The van der Waals surface area contributed by atoms with Gasteiger partial charge in [-0.1, -0.05) is 0 Å². The predicted molar refractivity (Wildman–Crippen MR) is 101 cm³/mol. The SMILES string of the molecule is CC(C)N(C)c1cnn([C@@H]2CCCN(C(=O)c3ccsc3)C2)c(=O)c1. The Balaban J connectivity index is 1.77. The van der Waals surface area contributed by atoms with E-state index >= 15 is 0 Å². The quantitative estimate of drug-likeness (QED) is 0.841. The number of thiophene rings is 1. The summed E-state index contributed by atoms with van der Waals surface area (Å²) in [5, 5.41) is 8.16. The number of aromatic nitrogens is 2. The molecular formula is C18H24N4O2S. The van der Waals surface area contributed by atoms with E-state index in [4.69, 9.17) is 0 Å².